The predicted molar refractivity (Wildman–Crippen MR) is 90.6 cm³/mol. The molecule has 0 aliphatic heterocycles. The Balaban J connectivity index is 2.01. The van der Waals surface area contributed by atoms with Crippen molar-refractivity contribution in [1.29, 1.82) is 0 Å². The Bertz CT molecular complexity index is 819. The van der Waals surface area contributed by atoms with E-state index in [2.05, 4.69) is 6.92 Å². The molecule has 0 fully saturated rings. The van der Waals surface area contributed by atoms with Crippen LogP contribution in [0.3, 0.4) is 0 Å². The van der Waals surface area contributed by atoms with Gasteiger partial charge in [-0.05, 0) is 43.9 Å². The minimum Gasteiger partial charge on any atom is -0.482 e. The molecular weight excluding hydrogens is 308 g/mol. The lowest BCUT2D eigenvalue weighted by Crippen LogP contribution is -2.16. The second-order valence-electron chi connectivity index (χ2n) is 5.99. The number of aryl methyl sites for hydroxylation is 2. The van der Waals surface area contributed by atoms with Crippen LogP contribution in [-0.4, -0.2) is 19.2 Å². The van der Waals surface area contributed by atoms with Crippen LogP contribution >= 0.6 is 0 Å². The van der Waals surface area contributed by atoms with E-state index in [1.807, 2.05) is 6.07 Å². The molecule has 1 aliphatic rings. The second kappa shape index (κ2) is 7.07. The van der Waals surface area contributed by atoms with Crippen molar-refractivity contribution >= 4 is 16.9 Å². The molecule has 0 radical (unpaired) electrons. The Morgan fingerprint density at radius 2 is 2.08 bits per heavy atom. The number of hydrogen-bond donors (Lipinski definition) is 0. The number of carbonyl (C=O) groups is 1. The molecule has 1 heterocycles. The molecule has 0 bridgehead atoms. The van der Waals surface area contributed by atoms with Crippen LogP contribution in [0, 0.1) is 0 Å². The van der Waals surface area contributed by atoms with Gasteiger partial charge in [-0.3, -0.25) is 4.79 Å². The Morgan fingerprint density at radius 1 is 1.25 bits per heavy atom. The van der Waals surface area contributed by atoms with Gasteiger partial charge in [-0.15, -0.1) is 0 Å². The van der Waals surface area contributed by atoms with Gasteiger partial charge in [0.2, 0.25) is 0 Å². The molecule has 5 heteroatoms. The van der Waals surface area contributed by atoms with Crippen molar-refractivity contribution in [2.45, 2.75) is 46.0 Å². The van der Waals surface area contributed by atoms with Gasteiger partial charge in [0.15, 0.2) is 12.0 Å². The Hall–Kier alpha value is -2.30. The van der Waals surface area contributed by atoms with Gasteiger partial charge in [-0.1, -0.05) is 13.3 Å². The molecule has 1 aromatic carbocycles. The normalized spacial score (nSPS) is 13.1. The van der Waals surface area contributed by atoms with Gasteiger partial charge in [0.05, 0.1) is 12.0 Å². The highest BCUT2D eigenvalue weighted by atomic mass is 16.6. The summed E-state index contributed by atoms with van der Waals surface area (Å²) in [7, 11) is 0. The van der Waals surface area contributed by atoms with Gasteiger partial charge in [0, 0.05) is 12.0 Å². The third-order valence-electron chi connectivity index (χ3n) is 4.25. The van der Waals surface area contributed by atoms with Gasteiger partial charge in [-0.2, -0.15) is 0 Å². The molecule has 3 rings (SSSR count). The summed E-state index contributed by atoms with van der Waals surface area (Å²) in [4.78, 5) is 24.2. The molecule has 128 valence electrons. The topological polar surface area (TPSA) is 65.7 Å². The summed E-state index contributed by atoms with van der Waals surface area (Å²) < 4.78 is 16.5. The van der Waals surface area contributed by atoms with Crippen molar-refractivity contribution in [2.24, 2.45) is 0 Å². The van der Waals surface area contributed by atoms with Crippen LogP contribution in [0.4, 0.5) is 0 Å². The quantitative estimate of drug-likeness (QED) is 0.761. The van der Waals surface area contributed by atoms with Crippen LogP contribution in [0.5, 0.6) is 5.75 Å². The maximum Gasteiger partial charge on any atom is 0.344 e. The van der Waals surface area contributed by atoms with E-state index < -0.39 is 5.97 Å². The van der Waals surface area contributed by atoms with Crippen molar-refractivity contribution < 1.29 is 18.7 Å². The van der Waals surface area contributed by atoms with Gasteiger partial charge in [-0.25, -0.2) is 4.79 Å². The number of fused-ring (bicyclic) bond motifs is 2. The molecule has 1 aromatic heterocycles. The number of rotatable bonds is 6. The van der Waals surface area contributed by atoms with E-state index in [-0.39, 0.29) is 12.0 Å². The minimum atomic E-state index is -0.416. The molecule has 0 unspecified atom stereocenters. The maximum atomic E-state index is 12.7. The van der Waals surface area contributed by atoms with Crippen molar-refractivity contribution in [3.8, 4) is 5.75 Å². The standard InChI is InChI=1S/C19H22O5/c1-3-6-12-9-17-14(10-16(12)23-11-18(20)22-4-2)19(21)13-7-5-8-15(13)24-17/h9-10H,3-8,11H2,1-2H3. The number of carbonyl (C=O) groups excluding carboxylic acids is 1. The Labute approximate surface area is 140 Å². The van der Waals surface area contributed by atoms with Gasteiger partial charge >= 0.3 is 5.97 Å². The zero-order valence-corrected chi connectivity index (χ0v) is 14.1. The summed E-state index contributed by atoms with van der Waals surface area (Å²) in [6.45, 7) is 3.98. The Kier molecular flexibility index (Phi) is 4.88. The van der Waals surface area contributed by atoms with Crippen LogP contribution in [0.25, 0.3) is 11.0 Å². The summed E-state index contributed by atoms with van der Waals surface area (Å²) in [5.74, 6) is 0.957. The number of benzene rings is 1. The lowest BCUT2D eigenvalue weighted by molar-refractivity contribution is -0.145. The van der Waals surface area contributed by atoms with Crippen LogP contribution in [0.2, 0.25) is 0 Å². The first-order valence-corrected chi connectivity index (χ1v) is 8.54. The fourth-order valence-corrected chi connectivity index (χ4v) is 3.17. The third kappa shape index (κ3) is 3.16. The number of ether oxygens (including phenoxy) is 2. The summed E-state index contributed by atoms with van der Waals surface area (Å²) in [5, 5.41) is 0.523. The predicted octanol–water partition coefficient (Wildman–Crippen LogP) is 3.18. The summed E-state index contributed by atoms with van der Waals surface area (Å²) in [6.07, 6.45) is 4.26. The van der Waals surface area contributed by atoms with Crippen LogP contribution in [-0.2, 0) is 28.8 Å². The van der Waals surface area contributed by atoms with E-state index in [4.69, 9.17) is 13.9 Å². The summed E-state index contributed by atoms with van der Waals surface area (Å²) in [6, 6.07) is 3.59. The lowest BCUT2D eigenvalue weighted by Gasteiger charge is -2.12. The molecule has 0 spiro atoms. The van der Waals surface area contributed by atoms with Crippen molar-refractivity contribution in [3.63, 3.8) is 0 Å². The Morgan fingerprint density at radius 3 is 2.83 bits per heavy atom. The van der Waals surface area contributed by atoms with E-state index in [1.165, 1.54) is 0 Å². The number of hydrogen-bond acceptors (Lipinski definition) is 5. The third-order valence-corrected chi connectivity index (χ3v) is 4.25. The smallest absolute Gasteiger partial charge is 0.344 e. The van der Waals surface area contributed by atoms with Crippen molar-refractivity contribution in [2.75, 3.05) is 13.2 Å². The van der Waals surface area contributed by atoms with Gasteiger partial charge in [0.25, 0.3) is 0 Å². The highest BCUT2D eigenvalue weighted by molar-refractivity contribution is 5.81. The molecule has 0 N–H and O–H groups in total. The fourth-order valence-electron chi connectivity index (χ4n) is 3.17. The van der Waals surface area contributed by atoms with Crippen LogP contribution in [0.1, 0.15) is 43.6 Å². The molecule has 5 nitrogen and oxygen atoms in total. The van der Waals surface area contributed by atoms with E-state index in [0.717, 1.165) is 49.0 Å². The molecule has 1 aliphatic carbocycles. The average molecular weight is 330 g/mol. The average Bonchev–Trinajstić information content (AvgIpc) is 3.02. The van der Waals surface area contributed by atoms with Crippen molar-refractivity contribution in [1.82, 2.24) is 0 Å². The van der Waals surface area contributed by atoms with Gasteiger partial charge in [0.1, 0.15) is 17.1 Å². The molecule has 2 aromatic rings. The van der Waals surface area contributed by atoms with Crippen LogP contribution in [0.15, 0.2) is 21.3 Å². The summed E-state index contributed by atoms with van der Waals surface area (Å²) >= 11 is 0. The largest absolute Gasteiger partial charge is 0.482 e. The SMILES string of the molecule is CCCc1cc2oc3c(c(=O)c2cc1OCC(=O)OCC)CCC3. The second-order valence-corrected chi connectivity index (χ2v) is 5.99. The van der Waals surface area contributed by atoms with Crippen LogP contribution < -0.4 is 10.2 Å². The van der Waals surface area contributed by atoms with E-state index in [1.54, 1.807) is 13.0 Å². The monoisotopic (exact) mass is 330 g/mol. The first kappa shape index (κ1) is 16.6. The van der Waals surface area contributed by atoms with E-state index in [9.17, 15) is 9.59 Å². The lowest BCUT2D eigenvalue weighted by atomic mass is 10.0. The first-order chi connectivity index (χ1) is 11.6. The molecule has 0 amide bonds. The molecule has 0 saturated carbocycles. The van der Waals surface area contributed by atoms with Gasteiger partial charge < -0.3 is 13.9 Å². The first-order valence-electron chi connectivity index (χ1n) is 8.54. The molecule has 24 heavy (non-hydrogen) atoms. The zero-order valence-electron chi connectivity index (χ0n) is 14.1. The molecule has 0 atom stereocenters. The fraction of sp³-hybridized carbons (Fsp3) is 0.474. The number of esters is 1. The molecular formula is C19H22O5. The molecule has 0 saturated heterocycles. The highest BCUT2D eigenvalue weighted by Crippen LogP contribution is 2.29. The van der Waals surface area contributed by atoms with E-state index >= 15 is 0 Å². The zero-order chi connectivity index (χ0) is 17.1. The maximum absolute atomic E-state index is 12.7. The summed E-state index contributed by atoms with van der Waals surface area (Å²) in [5.41, 5.74) is 2.35. The van der Waals surface area contributed by atoms with Crippen molar-refractivity contribution in [3.05, 3.63) is 39.2 Å². The minimum absolute atomic E-state index is 0.0211. The highest BCUT2D eigenvalue weighted by Gasteiger charge is 2.21. The van der Waals surface area contributed by atoms with E-state index in [0.29, 0.717) is 23.3 Å².